The molecule has 2 heterocycles. The Kier molecular flexibility index (Phi) is 3.23. The monoisotopic (exact) mass is 251 g/mol. The topological polar surface area (TPSA) is 57.1 Å². The maximum Gasteiger partial charge on any atom is 0.319 e. The Bertz CT molecular complexity index is 540. The summed E-state index contributed by atoms with van der Waals surface area (Å²) in [6.45, 7) is 3.99. The van der Waals surface area contributed by atoms with Crippen LogP contribution in [0.4, 0.5) is 0 Å². The first-order valence-corrected chi connectivity index (χ1v) is 5.86. The lowest BCUT2D eigenvalue weighted by molar-refractivity contribution is 0.353. The molecule has 0 bridgehead atoms. The fourth-order valence-electron chi connectivity index (χ4n) is 1.55. The van der Waals surface area contributed by atoms with Gasteiger partial charge in [0.25, 0.3) is 0 Å². The van der Waals surface area contributed by atoms with E-state index in [1.54, 1.807) is 24.6 Å². The quantitative estimate of drug-likeness (QED) is 0.837. The number of thiazole rings is 1. The van der Waals surface area contributed by atoms with Gasteiger partial charge in [-0.3, -0.25) is 0 Å². The van der Waals surface area contributed by atoms with E-state index in [-0.39, 0.29) is 6.01 Å². The van der Waals surface area contributed by atoms with Crippen molar-refractivity contribution >= 4 is 11.3 Å². The van der Waals surface area contributed by atoms with Gasteiger partial charge < -0.3 is 9.47 Å². The Balaban J connectivity index is 2.55. The molecule has 0 amide bonds. The number of methoxy groups -OCH3 is 2. The third-order valence-electron chi connectivity index (χ3n) is 2.27. The van der Waals surface area contributed by atoms with Crippen molar-refractivity contribution < 1.29 is 9.47 Å². The van der Waals surface area contributed by atoms with Crippen LogP contribution in [0, 0.1) is 13.8 Å². The molecule has 0 saturated heterocycles. The van der Waals surface area contributed by atoms with Crippen molar-refractivity contribution in [3.05, 3.63) is 16.1 Å². The van der Waals surface area contributed by atoms with E-state index in [4.69, 9.17) is 9.47 Å². The smallest absolute Gasteiger partial charge is 0.319 e. The van der Waals surface area contributed by atoms with E-state index < -0.39 is 0 Å². The molecule has 0 spiro atoms. The molecule has 2 rings (SSSR count). The van der Waals surface area contributed by atoms with Crippen LogP contribution >= 0.6 is 11.3 Å². The second-order valence-electron chi connectivity index (χ2n) is 3.42. The molecule has 2 aromatic rings. The fraction of sp³-hybridized carbons (Fsp3) is 0.364. The van der Waals surface area contributed by atoms with Gasteiger partial charge in [-0.15, -0.1) is 11.3 Å². The minimum Gasteiger partial charge on any atom is -0.480 e. The number of ether oxygens (including phenoxy) is 2. The predicted octanol–water partition coefficient (Wildman–Crippen LogP) is 2.23. The van der Waals surface area contributed by atoms with E-state index in [1.807, 2.05) is 13.8 Å². The minimum absolute atomic E-state index is 0.287. The lowest BCUT2D eigenvalue weighted by atomic mass is 10.2. The summed E-state index contributed by atoms with van der Waals surface area (Å²) in [5.74, 6) is 0.477. The van der Waals surface area contributed by atoms with Crippen LogP contribution in [0.1, 0.15) is 9.88 Å². The molecule has 0 aromatic carbocycles. The van der Waals surface area contributed by atoms with Crippen LogP contribution in [0.25, 0.3) is 11.3 Å². The summed E-state index contributed by atoms with van der Waals surface area (Å²) in [5, 5.41) is 1.01. The summed E-state index contributed by atoms with van der Waals surface area (Å²) >= 11 is 1.64. The van der Waals surface area contributed by atoms with Gasteiger partial charge in [0.05, 0.1) is 30.5 Å². The highest BCUT2D eigenvalue weighted by molar-refractivity contribution is 7.11. The van der Waals surface area contributed by atoms with Crippen molar-refractivity contribution in [2.45, 2.75) is 13.8 Å². The first-order valence-electron chi connectivity index (χ1n) is 5.05. The highest BCUT2D eigenvalue weighted by Gasteiger charge is 2.15. The standard InChI is InChI=1S/C11H13N3O2S/c1-6-9(13-7(2)17-6)8-5-12-11(16-4)14-10(8)15-3/h5H,1-4H3. The third-order valence-corrected chi connectivity index (χ3v) is 3.15. The molecule has 0 saturated carbocycles. The van der Waals surface area contributed by atoms with Crippen molar-refractivity contribution in [3.63, 3.8) is 0 Å². The van der Waals surface area contributed by atoms with Gasteiger partial charge in [0.15, 0.2) is 0 Å². The molecule has 0 radical (unpaired) electrons. The van der Waals surface area contributed by atoms with Gasteiger partial charge in [-0.1, -0.05) is 0 Å². The van der Waals surface area contributed by atoms with Gasteiger partial charge in [-0.05, 0) is 13.8 Å². The van der Waals surface area contributed by atoms with E-state index in [9.17, 15) is 0 Å². The van der Waals surface area contributed by atoms with Crippen LogP contribution in [0.15, 0.2) is 6.20 Å². The molecule has 0 aliphatic rings. The van der Waals surface area contributed by atoms with E-state index in [0.29, 0.717) is 5.88 Å². The zero-order chi connectivity index (χ0) is 12.4. The zero-order valence-electron chi connectivity index (χ0n) is 10.1. The molecule has 0 aliphatic carbocycles. The van der Waals surface area contributed by atoms with Gasteiger partial charge in [0, 0.05) is 11.1 Å². The number of hydrogen-bond donors (Lipinski definition) is 0. The lowest BCUT2D eigenvalue weighted by Crippen LogP contribution is -1.98. The molecule has 2 aromatic heterocycles. The average Bonchev–Trinajstić information content (AvgIpc) is 2.67. The van der Waals surface area contributed by atoms with Crippen LogP contribution < -0.4 is 9.47 Å². The van der Waals surface area contributed by atoms with Gasteiger partial charge in [0.2, 0.25) is 5.88 Å². The molecule has 0 unspecified atom stereocenters. The fourth-order valence-corrected chi connectivity index (χ4v) is 2.38. The van der Waals surface area contributed by atoms with Crippen LogP contribution in [0.5, 0.6) is 11.9 Å². The molecule has 90 valence electrons. The molecule has 17 heavy (non-hydrogen) atoms. The Morgan fingerprint density at radius 3 is 2.41 bits per heavy atom. The first-order chi connectivity index (χ1) is 8.15. The van der Waals surface area contributed by atoms with Crippen molar-refractivity contribution in [3.8, 4) is 23.1 Å². The van der Waals surface area contributed by atoms with Gasteiger partial charge in [0.1, 0.15) is 0 Å². The Morgan fingerprint density at radius 1 is 1.12 bits per heavy atom. The summed E-state index contributed by atoms with van der Waals surface area (Å²) in [7, 11) is 3.09. The second kappa shape index (κ2) is 4.67. The molecule has 6 heteroatoms. The minimum atomic E-state index is 0.287. The maximum absolute atomic E-state index is 5.24. The molecule has 0 N–H and O–H groups in total. The van der Waals surface area contributed by atoms with E-state index in [1.165, 1.54) is 7.11 Å². The van der Waals surface area contributed by atoms with Crippen LogP contribution in [-0.2, 0) is 0 Å². The zero-order valence-corrected chi connectivity index (χ0v) is 11.0. The largest absolute Gasteiger partial charge is 0.480 e. The highest BCUT2D eigenvalue weighted by atomic mass is 32.1. The van der Waals surface area contributed by atoms with E-state index in [2.05, 4.69) is 15.0 Å². The molecular weight excluding hydrogens is 238 g/mol. The summed E-state index contributed by atoms with van der Waals surface area (Å²) in [5.41, 5.74) is 1.65. The van der Waals surface area contributed by atoms with Crippen LogP contribution in [0.3, 0.4) is 0 Å². The van der Waals surface area contributed by atoms with Crippen molar-refractivity contribution in [2.24, 2.45) is 0 Å². The van der Waals surface area contributed by atoms with Crippen molar-refractivity contribution in [1.29, 1.82) is 0 Å². The summed E-state index contributed by atoms with van der Waals surface area (Å²) in [6.07, 6.45) is 1.67. The molecule has 0 atom stereocenters. The highest BCUT2D eigenvalue weighted by Crippen LogP contribution is 2.32. The van der Waals surface area contributed by atoms with Gasteiger partial charge in [-0.25, -0.2) is 9.97 Å². The van der Waals surface area contributed by atoms with Crippen LogP contribution in [0.2, 0.25) is 0 Å². The molecule has 5 nitrogen and oxygen atoms in total. The van der Waals surface area contributed by atoms with E-state index >= 15 is 0 Å². The van der Waals surface area contributed by atoms with Crippen LogP contribution in [-0.4, -0.2) is 29.2 Å². The molecule has 0 aliphatic heterocycles. The Hall–Kier alpha value is -1.69. The van der Waals surface area contributed by atoms with E-state index in [0.717, 1.165) is 21.1 Å². The summed E-state index contributed by atoms with van der Waals surface area (Å²) in [6, 6.07) is 0.287. The SMILES string of the molecule is COc1ncc(-c2nc(C)sc2C)c(OC)n1. The normalized spacial score (nSPS) is 10.4. The van der Waals surface area contributed by atoms with Gasteiger partial charge in [-0.2, -0.15) is 4.98 Å². The lowest BCUT2D eigenvalue weighted by Gasteiger charge is -2.06. The molecule has 0 fully saturated rings. The number of rotatable bonds is 3. The summed E-state index contributed by atoms with van der Waals surface area (Å²) < 4.78 is 10.2. The molecular formula is C11H13N3O2S. The predicted molar refractivity (Wildman–Crippen MR) is 65.7 cm³/mol. The summed E-state index contributed by atoms with van der Waals surface area (Å²) in [4.78, 5) is 13.8. The van der Waals surface area contributed by atoms with Crippen molar-refractivity contribution in [2.75, 3.05) is 14.2 Å². The number of aromatic nitrogens is 3. The Morgan fingerprint density at radius 2 is 1.88 bits per heavy atom. The van der Waals surface area contributed by atoms with Crippen molar-refractivity contribution in [1.82, 2.24) is 15.0 Å². The maximum atomic E-state index is 5.24. The number of aryl methyl sites for hydroxylation is 2. The second-order valence-corrected chi connectivity index (χ2v) is 4.82. The van der Waals surface area contributed by atoms with Gasteiger partial charge >= 0.3 is 6.01 Å². The third kappa shape index (κ3) is 2.21. The Labute approximate surface area is 103 Å². The first kappa shape index (κ1) is 11.8. The average molecular weight is 251 g/mol. The number of nitrogens with zero attached hydrogens (tertiary/aromatic N) is 3. The number of hydrogen-bond acceptors (Lipinski definition) is 6.